The Bertz CT molecular complexity index is 481. The molecule has 0 heterocycles. The molecule has 0 radical (unpaired) electrons. The molecule has 1 aromatic carbocycles. The number of rotatable bonds is 4. The summed E-state index contributed by atoms with van der Waals surface area (Å²) >= 11 is 4.37. The summed E-state index contributed by atoms with van der Waals surface area (Å²) in [6.07, 6.45) is 6.34. The number of thiol groups is 1. The molecule has 1 saturated carbocycles. The lowest BCUT2D eigenvalue weighted by molar-refractivity contribution is -0.123. The minimum atomic E-state index is 0.202. The van der Waals surface area contributed by atoms with Crippen LogP contribution in [0.25, 0.3) is 0 Å². The number of benzene rings is 1. The Morgan fingerprint density at radius 2 is 2.16 bits per heavy atom. The molecule has 1 atom stereocenters. The van der Waals surface area contributed by atoms with Crippen molar-refractivity contribution in [3.63, 3.8) is 0 Å². The highest BCUT2D eigenvalue weighted by atomic mass is 32.1. The Labute approximate surface area is 120 Å². The molecule has 0 saturated heterocycles. The van der Waals surface area contributed by atoms with Crippen LogP contribution in [-0.4, -0.2) is 11.7 Å². The van der Waals surface area contributed by atoms with Gasteiger partial charge in [0.25, 0.3) is 0 Å². The molecular formula is C16H21NOS. The Morgan fingerprint density at radius 1 is 1.37 bits per heavy atom. The van der Waals surface area contributed by atoms with E-state index in [4.69, 9.17) is 0 Å². The first-order valence-electron chi connectivity index (χ1n) is 7.20. The van der Waals surface area contributed by atoms with Gasteiger partial charge in [-0.25, -0.2) is 0 Å². The summed E-state index contributed by atoms with van der Waals surface area (Å²) in [5.74, 6) is 1.04. The minimum absolute atomic E-state index is 0.202. The summed E-state index contributed by atoms with van der Waals surface area (Å²) in [4.78, 5) is 12.2. The molecule has 2 aliphatic carbocycles. The maximum absolute atomic E-state index is 12.2. The van der Waals surface area contributed by atoms with Gasteiger partial charge in [0.2, 0.25) is 5.91 Å². The molecule has 1 fully saturated rings. The fourth-order valence-corrected chi connectivity index (χ4v) is 3.49. The van der Waals surface area contributed by atoms with Crippen LogP contribution in [-0.2, 0) is 11.2 Å². The van der Waals surface area contributed by atoms with Crippen LogP contribution in [0.1, 0.15) is 49.3 Å². The molecule has 0 aromatic heterocycles. The van der Waals surface area contributed by atoms with Crippen molar-refractivity contribution in [1.29, 1.82) is 0 Å². The average Bonchev–Trinajstić information content (AvgIpc) is 3.19. The minimum Gasteiger partial charge on any atom is -0.349 e. The predicted octanol–water partition coefficient (Wildman–Crippen LogP) is 3.28. The zero-order valence-electron chi connectivity index (χ0n) is 11.2. The predicted molar refractivity (Wildman–Crippen MR) is 80.4 cm³/mol. The fraction of sp³-hybridized carbons (Fsp3) is 0.562. The van der Waals surface area contributed by atoms with Crippen LogP contribution in [0.3, 0.4) is 0 Å². The fourth-order valence-electron chi connectivity index (χ4n) is 3.06. The molecule has 3 rings (SSSR count). The van der Waals surface area contributed by atoms with Gasteiger partial charge < -0.3 is 5.32 Å². The van der Waals surface area contributed by atoms with Crippen LogP contribution in [0, 0.1) is 5.41 Å². The molecule has 2 nitrogen and oxygen atoms in total. The van der Waals surface area contributed by atoms with Crippen molar-refractivity contribution in [3.05, 3.63) is 35.4 Å². The van der Waals surface area contributed by atoms with Crippen LogP contribution >= 0.6 is 12.6 Å². The molecule has 19 heavy (non-hydrogen) atoms. The number of nitrogens with one attached hydrogen (secondary N) is 1. The maximum Gasteiger partial charge on any atom is 0.221 e. The van der Waals surface area contributed by atoms with Crippen molar-refractivity contribution in [3.8, 4) is 0 Å². The summed E-state index contributed by atoms with van der Waals surface area (Å²) in [5, 5.41) is 3.23. The van der Waals surface area contributed by atoms with E-state index in [-0.39, 0.29) is 17.4 Å². The molecule has 2 aliphatic rings. The SMILES string of the molecule is O=C(CC1(CS)CC1)NC1CCCc2ccccc21. The zero-order chi connectivity index (χ0) is 13.3. The summed E-state index contributed by atoms with van der Waals surface area (Å²) in [6, 6.07) is 8.71. The van der Waals surface area contributed by atoms with E-state index in [0.29, 0.717) is 6.42 Å². The smallest absolute Gasteiger partial charge is 0.221 e. The van der Waals surface area contributed by atoms with E-state index in [1.54, 1.807) is 0 Å². The first-order chi connectivity index (χ1) is 9.22. The molecule has 0 spiro atoms. The summed E-state index contributed by atoms with van der Waals surface area (Å²) in [5.41, 5.74) is 2.92. The third kappa shape index (κ3) is 2.81. The number of aryl methyl sites for hydroxylation is 1. The van der Waals surface area contributed by atoms with Gasteiger partial charge in [-0.2, -0.15) is 12.6 Å². The third-order valence-corrected chi connectivity index (χ3v) is 5.20. The van der Waals surface area contributed by atoms with Gasteiger partial charge in [0.1, 0.15) is 0 Å². The largest absolute Gasteiger partial charge is 0.349 e. The Kier molecular flexibility index (Phi) is 3.57. The first kappa shape index (κ1) is 13.0. The second-order valence-corrected chi connectivity index (χ2v) is 6.36. The van der Waals surface area contributed by atoms with Gasteiger partial charge in [-0.1, -0.05) is 24.3 Å². The van der Waals surface area contributed by atoms with Gasteiger partial charge in [0.15, 0.2) is 0 Å². The highest BCUT2D eigenvalue weighted by Gasteiger charge is 2.43. The van der Waals surface area contributed by atoms with E-state index in [2.05, 4.69) is 42.2 Å². The van der Waals surface area contributed by atoms with Gasteiger partial charge in [0.05, 0.1) is 6.04 Å². The molecular weight excluding hydrogens is 254 g/mol. The highest BCUT2D eigenvalue weighted by molar-refractivity contribution is 7.80. The Balaban J connectivity index is 1.66. The molecule has 1 aromatic rings. The normalized spacial score (nSPS) is 23.5. The van der Waals surface area contributed by atoms with Crippen LogP contribution < -0.4 is 5.32 Å². The Hall–Kier alpha value is -0.960. The summed E-state index contributed by atoms with van der Waals surface area (Å²) in [6.45, 7) is 0. The monoisotopic (exact) mass is 275 g/mol. The number of hydrogen-bond donors (Lipinski definition) is 2. The van der Waals surface area contributed by atoms with Crippen molar-refractivity contribution in [2.75, 3.05) is 5.75 Å². The number of fused-ring (bicyclic) bond motifs is 1. The van der Waals surface area contributed by atoms with E-state index in [1.165, 1.54) is 17.5 Å². The number of hydrogen-bond acceptors (Lipinski definition) is 2. The van der Waals surface area contributed by atoms with Crippen molar-refractivity contribution >= 4 is 18.5 Å². The Morgan fingerprint density at radius 3 is 2.89 bits per heavy atom. The van der Waals surface area contributed by atoms with E-state index in [9.17, 15) is 4.79 Å². The van der Waals surface area contributed by atoms with Crippen LogP contribution in [0.15, 0.2) is 24.3 Å². The van der Waals surface area contributed by atoms with Gasteiger partial charge in [-0.15, -0.1) is 0 Å². The lowest BCUT2D eigenvalue weighted by Gasteiger charge is -2.27. The standard InChI is InChI=1S/C16H21NOS/c18-15(10-16(11-19)8-9-16)17-14-7-3-5-12-4-1-2-6-13(12)14/h1-2,4,6,14,19H,3,5,7-11H2,(H,17,18). The zero-order valence-corrected chi connectivity index (χ0v) is 12.1. The van der Waals surface area contributed by atoms with E-state index in [1.807, 2.05) is 0 Å². The van der Waals surface area contributed by atoms with E-state index < -0.39 is 0 Å². The van der Waals surface area contributed by atoms with Gasteiger partial charge >= 0.3 is 0 Å². The average molecular weight is 275 g/mol. The lowest BCUT2D eigenvalue weighted by atomic mass is 9.87. The molecule has 1 unspecified atom stereocenters. The van der Waals surface area contributed by atoms with Crippen molar-refractivity contribution in [2.45, 2.75) is 44.6 Å². The number of carbonyl (C=O) groups excluding carboxylic acids is 1. The van der Waals surface area contributed by atoms with Crippen molar-refractivity contribution < 1.29 is 4.79 Å². The molecule has 102 valence electrons. The topological polar surface area (TPSA) is 29.1 Å². The van der Waals surface area contributed by atoms with Gasteiger partial charge in [0, 0.05) is 6.42 Å². The van der Waals surface area contributed by atoms with Gasteiger partial charge in [-0.3, -0.25) is 4.79 Å². The maximum atomic E-state index is 12.2. The van der Waals surface area contributed by atoms with E-state index >= 15 is 0 Å². The third-order valence-electron chi connectivity index (χ3n) is 4.53. The lowest BCUT2D eigenvalue weighted by Crippen LogP contribution is -2.32. The van der Waals surface area contributed by atoms with Crippen LogP contribution in [0.4, 0.5) is 0 Å². The molecule has 0 aliphatic heterocycles. The van der Waals surface area contributed by atoms with Crippen LogP contribution in [0.5, 0.6) is 0 Å². The number of amides is 1. The van der Waals surface area contributed by atoms with Gasteiger partial charge in [-0.05, 0) is 54.4 Å². The van der Waals surface area contributed by atoms with Crippen molar-refractivity contribution in [2.24, 2.45) is 5.41 Å². The second-order valence-electron chi connectivity index (χ2n) is 6.05. The quantitative estimate of drug-likeness (QED) is 0.811. The van der Waals surface area contributed by atoms with Crippen LogP contribution in [0.2, 0.25) is 0 Å². The molecule has 1 amide bonds. The molecule has 0 bridgehead atoms. The molecule has 3 heteroatoms. The second kappa shape index (κ2) is 5.20. The highest BCUT2D eigenvalue weighted by Crippen LogP contribution is 2.49. The summed E-state index contributed by atoms with van der Waals surface area (Å²) in [7, 11) is 0. The number of carbonyl (C=O) groups is 1. The van der Waals surface area contributed by atoms with E-state index in [0.717, 1.165) is 31.4 Å². The van der Waals surface area contributed by atoms with Crippen molar-refractivity contribution in [1.82, 2.24) is 5.32 Å². The molecule has 1 N–H and O–H groups in total. The first-order valence-corrected chi connectivity index (χ1v) is 7.84. The summed E-state index contributed by atoms with van der Waals surface area (Å²) < 4.78 is 0.